The van der Waals surface area contributed by atoms with Crippen molar-refractivity contribution in [3.8, 4) is 0 Å². The second kappa shape index (κ2) is 4.07. The monoisotopic (exact) mass is 182 g/mol. The number of aliphatic hydroxyl groups excluding tert-OH is 1. The second-order valence-electron chi connectivity index (χ2n) is 3.95. The van der Waals surface area contributed by atoms with E-state index in [4.69, 9.17) is 4.74 Å². The van der Waals surface area contributed by atoms with Gasteiger partial charge in [0.05, 0.1) is 0 Å². The standard InChI is InChI=1S/C11H18O2/c1-9(2)8-11(13-3)7-5-4-6-10(11)12/h4-7,9-10,12H,8H2,1-3H3. The quantitative estimate of drug-likeness (QED) is 0.722. The van der Waals surface area contributed by atoms with Crippen molar-refractivity contribution in [3.63, 3.8) is 0 Å². The van der Waals surface area contributed by atoms with Crippen molar-refractivity contribution < 1.29 is 9.84 Å². The fraction of sp³-hybridized carbons (Fsp3) is 0.636. The van der Waals surface area contributed by atoms with E-state index in [1.54, 1.807) is 13.2 Å². The Morgan fingerprint density at radius 2 is 2.15 bits per heavy atom. The van der Waals surface area contributed by atoms with Crippen molar-refractivity contribution in [2.24, 2.45) is 5.92 Å². The summed E-state index contributed by atoms with van der Waals surface area (Å²) in [4.78, 5) is 0. The minimum atomic E-state index is -0.523. The van der Waals surface area contributed by atoms with Gasteiger partial charge < -0.3 is 9.84 Å². The molecule has 0 bridgehead atoms. The Bertz CT molecular complexity index is 218. The molecule has 2 heteroatoms. The van der Waals surface area contributed by atoms with Gasteiger partial charge in [0.15, 0.2) is 0 Å². The van der Waals surface area contributed by atoms with Crippen LogP contribution in [0.1, 0.15) is 20.3 Å². The highest BCUT2D eigenvalue weighted by Gasteiger charge is 2.35. The van der Waals surface area contributed by atoms with Crippen LogP contribution in [0.3, 0.4) is 0 Å². The van der Waals surface area contributed by atoms with Crippen LogP contribution in [-0.2, 0) is 4.74 Å². The summed E-state index contributed by atoms with van der Waals surface area (Å²) in [7, 11) is 1.65. The van der Waals surface area contributed by atoms with Crippen molar-refractivity contribution in [2.45, 2.75) is 32.0 Å². The van der Waals surface area contributed by atoms with Gasteiger partial charge in [-0.2, -0.15) is 0 Å². The third kappa shape index (κ3) is 2.20. The average molecular weight is 182 g/mol. The molecule has 1 aliphatic carbocycles. The third-order valence-electron chi connectivity index (χ3n) is 2.39. The molecule has 2 atom stereocenters. The van der Waals surface area contributed by atoms with E-state index in [1.165, 1.54) is 0 Å². The van der Waals surface area contributed by atoms with Gasteiger partial charge in [0.2, 0.25) is 0 Å². The van der Waals surface area contributed by atoms with Crippen LogP contribution in [-0.4, -0.2) is 23.9 Å². The van der Waals surface area contributed by atoms with Crippen LogP contribution in [0.5, 0.6) is 0 Å². The first kappa shape index (κ1) is 10.5. The first-order valence-corrected chi connectivity index (χ1v) is 4.70. The molecule has 1 aliphatic rings. The molecule has 1 N–H and O–H groups in total. The molecule has 1 rings (SSSR count). The topological polar surface area (TPSA) is 29.5 Å². The van der Waals surface area contributed by atoms with E-state index < -0.39 is 11.7 Å². The van der Waals surface area contributed by atoms with E-state index in [0.29, 0.717) is 5.92 Å². The lowest BCUT2D eigenvalue weighted by Crippen LogP contribution is -2.43. The molecule has 0 heterocycles. The lowest BCUT2D eigenvalue weighted by molar-refractivity contribution is -0.0613. The predicted octanol–water partition coefficient (Wildman–Crippen LogP) is 1.90. The molecule has 0 saturated heterocycles. The van der Waals surface area contributed by atoms with E-state index in [1.807, 2.05) is 18.2 Å². The molecule has 74 valence electrons. The minimum Gasteiger partial charge on any atom is -0.386 e. The Kier molecular flexibility index (Phi) is 3.28. The zero-order valence-electron chi connectivity index (χ0n) is 8.53. The summed E-state index contributed by atoms with van der Waals surface area (Å²) < 4.78 is 5.41. The van der Waals surface area contributed by atoms with Gasteiger partial charge >= 0.3 is 0 Å². The SMILES string of the molecule is COC1(CC(C)C)C=CC=CC1O. The van der Waals surface area contributed by atoms with Crippen LogP contribution in [0.4, 0.5) is 0 Å². The predicted molar refractivity (Wildman–Crippen MR) is 53.5 cm³/mol. The van der Waals surface area contributed by atoms with Gasteiger partial charge in [-0.05, 0) is 18.4 Å². The van der Waals surface area contributed by atoms with Gasteiger partial charge in [-0.1, -0.05) is 32.1 Å². The molecule has 0 radical (unpaired) electrons. The first-order valence-electron chi connectivity index (χ1n) is 4.70. The Morgan fingerprint density at radius 3 is 2.62 bits per heavy atom. The van der Waals surface area contributed by atoms with Crippen molar-refractivity contribution >= 4 is 0 Å². The van der Waals surface area contributed by atoms with Gasteiger partial charge in [-0.3, -0.25) is 0 Å². The van der Waals surface area contributed by atoms with E-state index >= 15 is 0 Å². The fourth-order valence-electron chi connectivity index (χ4n) is 1.75. The summed E-state index contributed by atoms with van der Waals surface area (Å²) in [5, 5.41) is 9.81. The summed E-state index contributed by atoms with van der Waals surface area (Å²) in [5.74, 6) is 0.505. The van der Waals surface area contributed by atoms with E-state index in [9.17, 15) is 5.11 Å². The second-order valence-corrected chi connectivity index (χ2v) is 3.95. The van der Waals surface area contributed by atoms with Crippen LogP contribution in [0.15, 0.2) is 24.3 Å². The summed E-state index contributed by atoms with van der Waals surface area (Å²) in [6, 6.07) is 0. The van der Waals surface area contributed by atoms with Crippen LogP contribution in [0, 0.1) is 5.92 Å². The average Bonchev–Trinajstić information content (AvgIpc) is 2.08. The number of hydrogen-bond acceptors (Lipinski definition) is 2. The Labute approximate surface area is 79.9 Å². The molecular weight excluding hydrogens is 164 g/mol. The van der Waals surface area contributed by atoms with Crippen LogP contribution < -0.4 is 0 Å². The zero-order chi connectivity index (χ0) is 9.90. The molecule has 0 aromatic rings. The summed E-state index contributed by atoms with van der Waals surface area (Å²) >= 11 is 0. The molecule has 0 saturated carbocycles. The molecule has 2 nitrogen and oxygen atoms in total. The Morgan fingerprint density at radius 1 is 1.46 bits per heavy atom. The fourth-order valence-corrected chi connectivity index (χ4v) is 1.75. The normalized spacial score (nSPS) is 32.8. The van der Waals surface area contributed by atoms with Gasteiger partial charge in [-0.25, -0.2) is 0 Å². The molecular formula is C11H18O2. The highest BCUT2D eigenvalue weighted by Crippen LogP contribution is 2.29. The molecule has 0 aromatic heterocycles. The van der Waals surface area contributed by atoms with Crippen molar-refractivity contribution in [1.82, 2.24) is 0 Å². The maximum Gasteiger partial charge on any atom is 0.116 e. The maximum atomic E-state index is 9.81. The Hall–Kier alpha value is -0.600. The first-order chi connectivity index (χ1) is 6.10. The summed E-state index contributed by atoms with van der Waals surface area (Å²) in [5.41, 5.74) is -0.511. The van der Waals surface area contributed by atoms with Crippen LogP contribution in [0.25, 0.3) is 0 Å². The van der Waals surface area contributed by atoms with Crippen molar-refractivity contribution in [1.29, 1.82) is 0 Å². The number of hydrogen-bond donors (Lipinski definition) is 1. The largest absolute Gasteiger partial charge is 0.386 e. The van der Waals surface area contributed by atoms with Crippen molar-refractivity contribution in [2.75, 3.05) is 7.11 Å². The van der Waals surface area contributed by atoms with Gasteiger partial charge in [-0.15, -0.1) is 0 Å². The van der Waals surface area contributed by atoms with Crippen molar-refractivity contribution in [3.05, 3.63) is 24.3 Å². The van der Waals surface area contributed by atoms with E-state index in [-0.39, 0.29) is 0 Å². The molecule has 0 aliphatic heterocycles. The van der Waals surface area contributed by atoms with Crippen LogP contribution in [0.2, 0.25) is 0 Å². The number of rotatable bonds is 3. The minimum absolute atomic E-state index is 0.505. The lowest BCUT2D eigenvalue weighted by atomic mass is 9.84. The molecule has 0 spiro atoms. The molecule has 0 aromatic carbocycles. The summed E-state index contributed by atoms with van der Waals surface area (Å²) in [6.45, 7) is 4.25. The van der Waals surface area contributed by atoms with E-state index in [0.717, 1.165) is 6.42 Å². The maximum absolute atomic E-state index is 9.81. The van der Waals surface area contributed by atoms with Gasteiger partial charge in [0, 0.05) is 7.11 Å². The molecule has 2 unspecified atom stereocenters. The third-order valence-corrected chi connectivity index (χ3v) is 2.39. The highest BCUT2D eigenvalue weighted by atomic mass is 16.5. The lowest BCUT2D eigenvalue weighted by Gasteiger charge is -2.35. The molecule has 13 heavy (non-hydrogen) atoms. The smallest absolute Gasteiger partial charge is 0.116 e. The van der Waals surface area contributed by atoms with Gasteiger partial charge in [0.25, 0.3) is 0 Å². The molecule has 0 amide bonds. The summed E-state index contributed by atoms with van der Waals surface area (Å²) in [6.07, 6.45) is 7.81. The number of allylic oxidation sites excluding steroid dienone is 2. The number of aliphatic hydroxyl groups is 1. The molecule has 0 fully saturated rings. The number of methoxy groups -OCH3 is 1. The van der Waals surface area contributed by atoms with Crippen LogP contribution >= 0.6 is 0 Å². The zero-order valence-corrected chi connectivity index (χ0v) is 8.53. The van der Waals surface area contributed by atoms with Gasteiger partial charge in [0.1, 0.15) is 11.7 Å². The Balaban J connectivity index is 2.79. The highest BCUT2D eigenvalue weighted by molar-refractivity contribution is 5.23. The van der Waals surface area contributed by atoms with E-state index in [2.05, 4.69) is 13.8 Å². The number of ether oxygens (including phenoxy) is 1.